The number of benzene rings is 4. The van der Waals surface area contributed by atoms with Crippen LogP contribution in [-0.4, -0.2) is 42.6 Å². The van der Waals surface area contributed by atoms with E-state index in [1.165, 1.54) is 19.2 Å². The molecule has 5 aromatic rings. The fourth-order valence-electron chi connectivity index (χ4n) is 4.46. The summed E-state index contributed by atoms with van der Waals surface area (Å²) in [6.07, 6.45) is -0.449. The fourth-order valence-corrected chi connectivity index (χ4v) is 5.88. The number of ether oxygens (including phenoxy) is 1. The van der Waals surface area contributed by atoms with Gasteiger partial charge in [0.05, 0.1) is 30.6 Å². The van der Waals surface area contributed by atoms with E-state index in [-0.39, 0.29) is 10.6 Å². The number of rotatable bonds is 10. The maximum atomic E-state index is 13.6. The van der Waals surface area contributed by atoms with Crippen molar-refractivity contribution < 1.29 is 27.9 Å². The van der Waals surface area contributed by atoms with Gasteiger partial charge < -0.3 is 20.1 Å². The van der Waals surface area contributed by atoms with Crippen molar-refractivity contribution >= 4 is 44.7 Å². The van der Waals surface area contributed by atoms with E-state index >= 15 is 0 Å². The topological polar surface area (TPSA) is 163 Å². The van der Waals surface area contributed by atoms with Crippen molar-refractivity contribution in [2.75, 3.05) is 17.7 Å². The van der Waals surface area contributed by atoms with Gasteiger partial charge in [-0.1, -0.05) is 60.7 Å². The highest BCUT2D eigenvalue weighted by Crippen LogP contribution is 2.32. The van der Waals surface area contributed by atoms with Gasteiger partial charge in [-0.05, 0) is 53.1 Å². The number of aromatic nitrogens is 2. The quantitative estimate of drug-likeness (QED) is 0.147. The Hall–Kier alpha value is -5.20. The number of nitrogens with one attached hydrogen (secondary N) is 4. The van der Waals surface area contributed by atoms with E-state index in [0.29, 0.717) is 33.8 Å². The Morgan fingerprint density at radius 2 is 1.64 bits per heavy atom. The van der Waals surface area contributed by atoms with Crippen LogP contribution < -0.4 is 20.1 Å². The lowest BCUT2D eigenvalue weighted by atomic mass is 10.0. The third-order valence-electron chi connectivity index (χ3n) is 6.41. The number of aromatic amines is 1. The molecule has 1 atom stereocenters. The van der Waals surface area contributed by atoms with Crippen molar-refractivity contribution in [3.63, 3.8) is 0 Å². The second-order valence-corrected chi connectivity index (χ2v) is 11.0. The van der Waals surface area contributed by atoms with Crippen molar-refractivity contribution in [3.8, 4) is 16.9 Å². The van der Waals surface area contributed by atoms with Crippen LogP contribution in [0.3, 0.4) is 0 Å². The molecule has 5 N–H and O–H groups in total. The summed E-state index contributed by atoms with van der Waals surface area (Å²) in [5, 5.41) is 14.8. The second kappa shape index (κ2) is 12.1. The molecule has 0 unspecified atom stereocenters. The third kappa shape index (κ3) is 6.57. The minimum Gasteiger partial charge on any atom is -0.495 e. The Balaban J connectivity index is 1.38. The number of anilines is 2. The molecule has 0 fully saturated rings. The lowest BCUT2D eigenvalue weighted by Gasteiger charge is -2.19. The Bertz CT molecular complexity index is 1820. The minimum absolute atomic E-state index is 0.0906. The molecule has 0 saturated heterocycles. The monoisotopic (exact) mass is 585 g/mol. The van der Waals surface area contributed by atoms with Crippen molar-refractivity contribution in [2.45, 2.75) is 17.4 Å². The summed E-state index contributed by atoms with van der Waals surface area (Å²) in [5.41, 5.74) is 3.64. The molecule has 0 radical (unpaired) electrons. The van der Waals surface area contributed by atoms with E-state index in [0.717, 1.165) is 5.52 Å². The first-order chi connectivity index (χ1) is 20.2. The molecule has 0 spiro atoms. The normalized spacial score (nSPS) is 12.0. The van der Waals surface area contributed by atoms with Gasteiger partial charge in [0, 0.05) is 5.69 Å². The van der Waals surface area contributed by atoms with Gasteiger partial charge in [0.15, 0.2) is 0 Å². The summed E-state index contributed by atoms with van der Waals surface area (Å²) in [6, 6.07) is 25.9. The zero-order valence-corrected chi connectivity index (χ0v) is 23.2. The van der Waals surface area contributed by atoms with Crippen molar-refractivity contribution in [1.82, 2.24) is 14.7 Å². The molecular weight excluding hydrogens is 558 g/mol. The summed E-state index contributed by atoms with van der Waals surface area (Å²) in [4.78, 5) is 31.4. The van der Waals surface area contributed by atoms with E-state index < -0.39 is 34.5 Å². The summed E-state index contributed by atoms with van der Waals surface area (Å²) in [5.74, 6) is -0.770. The maximum Gasteiger partial charge on any atom is 0.326 e. The first-order valence-corrected chi connectivity index (χ1v) is 14.3. The van der Waals surface area contributed by atoms with Crippen LogP contribution in [0, 0.1) is 0 Å². The molecule has 42 heavy (non-hydrogen) atoms. The zero-order valence-electron chi connectivity index (χ0n) is 22.4. The molecule has 214 valence electrons. The number of carboxylic acids is 1. The molecule has 11 nitrogen and oxygen atoms in total. The van der Waals surface area contributed by atoms with Crippen molar-refractivity contribution in [2.24, 2.45) is 0 Å². The van der Waals surface area contributed by atoms with Gasteiger partial charge in [-0.15, -0.1) is 0 Å². The van der Waals surface area contributed by atoms with Crippen molar-refractivity contribution in [3.05, 3.63) is 103 Å². The van der Waals surface area contributed by atoms with E-state index in [9.17, 15) is 23.1 Å². The van der Waals surface area contributed by atoms with Gasteiger partial charge in [0.25, 0.3) is 0 Å². The van der Waals surface area contributed by atoms with Crippen LogP contribution in [0.1, 0.15) is 18.0 Å². The number of para-hydroxylation sites is 2. The predicted molar refractivity (Wildman–Crippen MR) is 159 cm³/mol. The minimum atomic E-state index is -4.23. The number of urea groups is 1. The Morgan fingerprint density at radius 3 is 2.38 bits per heavy atom. The number of carboxylic acid groups (broad SMARTS) is 1. The van der Waals surface area contributed by atoms with E-state index in [4.69, 9.17) is 4.74 Å². The number of methoxy groups -OCH3 is 1. The number of fused-ring (bicyclic) bond motifs is 1. The first kappa shape index (κ1) is 28.3. The molecule has 1 aromatic heterocycles. The van der Waals surface area contributed by atoms with Gasteiger partial charge in [0.1, 0.15) is 10.6 Å². The first-order valence-electron chi connectivity index (χ1n) is 12.8. The van der Waals surface area contributed by atoms with Gasteiger partial charge in [-0.25, -0.2) is 22.9 Å². The lowest BCUT2D eigenvalue weighted by molar-refractivity contribution is -0.137. The van der Waals surface area contributed by atoms with Gasteiger partial charge in [-0.3, -0.25) is 10.1 Å². The molecule has 4 aromatic carbocycles. The number of carbonyl (C=O) groups excluding carboxylic acids is 1. The highest BCUT2D eigenvalue weighted by Gasteiger charge is 2.27. The van der Waals surface area contributed by atoms with Gasteiger partial charge >= 0.3 is 12.0 Å². The molecule has 1 heterocycles. The molecule has 0 aliphatic heterocycles. The molecule has 0 saturated carbocycles. The van der Waals surface area contributed by atoms with Gasteiger partial charge in [-0.2, -0.15) is 0 Å². The number of aliphatic carboxylic acids is 1. The van der Waals surface area contributed by atoms with Crippen LogP contribution in [0.5, 0.6) is 5.75 Å². The Kier molecular flexibility index (Phi) is 8.18. The van der Waals surface area contributed by atoms with Crippen LogP contribution >= 0.6 is 0 Å². The molecule has 12 heteroatoms. The zero-order chi connectivity index (χ0) is 29.7. The van der Waals surface area contributed by atoms with Crippen LogP contribution in [0.4, 0.5) is 16.4 Å². The average Bonchev–Trinajstić information content (AvgIpc) is 3.39. The second-order valence-electron chi connectivity index (χ2n) is 9.31. The number of hydrogen-bond acceptors (Lipinski definition) is 6. The average molecular weight is 586 g/mol. The molecule has 5 rings (SSSR count). The van der Waals surface area contributed by atoms with Crippen molar-refractivity contribution in [1.29, 1.82) is 0 Å². The summed E-state index contributed by atoms with van der Waals surface area (Å²) in [6.45, 7) is 0. The number of imidazole rings is 1. The standard InChI is InChI=1S/C30H27N5O6S/c1-41-26-15-14-21(17-27(26)42(39,40)35-25(18-28(36)37)19-8-3-2-4-9-19)20-10-7-11-22(16-20)31-30(38)34-29-32-23-12-5-6-13-24(23)33-29/h2-17,25,35H,18H2,1H3,(H,36,37)(H3,31,32,33,34,38)/t25-/m0/s1. The molecule has 0 aliphatic carbocycles. The van der Waals surface area contributed by atoms with E-state index in [1.54, 1.807) is 60.7 Å². The van der Waals surface area contributed by atoms with Crippen LogP contribution in [0.25, 0.3) is 22.2 Å². The largest absolute Gasteiger partial charge is 0.495 e. The Labute approximate surface area is 241 Å². The lowest BCUT2D eigenvalue weighted by Crippen LogP contribution is -2.30. The van der Waals surface area contributed by atoms with Crippen LogP contribution in [0.15, 0.2) is 102 Å². The SMILES string of the molecule is COc1ccc(-c2cccc(NC(=O)Nc3nc4ccccc4[nH]3)c2)cc1S(=O)(=O)N[C@@H](CC(=O)O)c1ccccc1. The smallest absolute Gasteiger partial charge is 0.326 e. The van der Waals surface area contributed by atoms with E-state index in [2.05, 4.69) is 25.3 Å². The Morgan fingerprint density at radius 1 is 0.905 bits per heavy atom. The van der Waals surface area contributed by atoms with Crippen LogP contribution in [0.2, 0.25) is 0 Å². The summed E-state index contributed by atoms with van der Waals surface area (Å²) in [7, 11) is -2.88. The van der Waals surface area contributed by atoms with Crippen LogP contribution in [-0.2, 0) is 14.8 Å². The maximum absolute atomic E-state index is 13.6. The highest BCUT2D eigenvalue weighted by atomic mass is 32.2. The number of H-pyrrole nitrogens is 1. The van der Waals surface area contributed by atoms with Gasteiger partial charge in [0.2, 0.25) is 16.0 Å². The molecule has 2 amide bonds. The molecule has 0 bridgehead atoms. The summed E-state index contributed by atoms with van der Waals surface area (Å²) >= 11 is 0. The number of amides is 2. The van der Waals surface area contributed by atoms with E-state index in [1.807, 2.05) is 24.3 Å². The molecular formula is C30H27N5O6S. The number of carbonyl (C=O) groups is 2. The highest BCUT2D eigenvalue weighted by molar-refractivity contribution is 7.89. The molecule has 0 aliphatic rings. The fraction of sp³-hybridized carbons (Fsp3) is 0.100. The predicted octanol–water partition coefficient (Wildman–Crippen LogP) is 5.38. The third-order valence-corrected chi connectivity index (χ3v) is 7.90. The summed E-state index contributed by atoms with van der Waals surface area (Å²) < 4.78 is 35.0. The number of nitrogens with zero attached hydrogens (tertiary/aromatic N) is 1. The number of hydrogen-bond donors (Lipinski definition) is 5. The number of sulfonamides is 1.